The number of rotatable bonds is 6. The monoisotopic (exact) mass is 239 g/mol. The molecule has 0 atom stereocenters. The van der Waals surface area contributed by atoms with Gasteiger partial charge in [-0.3, -0.25) is 14.9 Å². The lowest BCUT2D eigenvalue weighted by Gasteiger charge is -2.05. The first-order valence-electron chi connectivity index (χ1n) is 5.10. The molecule has 1 rings (SSSR count). The van der Waals surface area contributed by atoms with E-state index in [1.165, 1.54) is 6.07 Å². The molecule has 92 valence electrons. The highest BCUT2D eigenvalue weighted by Crippen LogP contribution is 2.23. The van der Waals surface area contributed by atoms with Crippen molar-refractivity contribution in [3.63, 3.8) is 0 Å². The molecule has 1 N–H and O–H groups in total. The number of aliphatic carboxylic acids is 1. The van der Waals surface area contributed by atoms with E-state index >= 15 is 0 Å². The zero-order valence-electron chi connectivity index (χ0n) is 9.38. The van der Waals surface area contributed by atoms with Crippen LogP contribution in [0.4, 0.5) is 5.69 Å². The smallest absolute Gasteiger partial charge is 0.303 e. The van der Waals surface area contributed by atoms with Gasteiger partial charge < -0.3 is 9.84 Å². The summed E-state index contributed by atoms with van der Waals surface area (Å²) in [7, 11) is 0. The van der Waals surface area contributed by atoms with Gasteiger partial charge in [0.15, 0.2) is 0 Å². The second-order valence-electron chi connectivity index (χ2n) is 3.55. The number of carboxylic acids is 1. The number of hydrogen-bond acceptors (Lipinski definition) is 4. The Kier molecular flexibility index (Phi) is 4.45. The van der Waals surface area contributed by atoms with E-state index < -0.39 is 10.9 Å². The molecule has 1 aromatic carbocycles. The van der Waals surface area contributed by atoms with Crippen molar-refractivity contribution >= 4 is 11.7 Å². The largest absolute Gasteiger partial charge is 0.493 e. The summed E-state index contributed by atoms with van der Waals surface area (Å²) in [5.74, 6) is -0.504. The minimum absolute atomic E-state index is 0.000680. The third kappa shape index (κ3) is 4.10. The summed E-state index contributed by atoms with van der Waals surface area (Å²) >= 11 is 0. The molecule has 17 heavy (non-hydrogen) atoms. The van der Waals surface area contributed by atoms with Gasteiger partial charge in [0.05, 0.1) is 17.6 Å². The predicted octanol–water partition coefficient (Wildman–Crippen LogP) is 2.15. The highest BCUT2D eigenvalue weighted by Gasteiger charge is 2.11. The molecule has 6 heteroatoms. The SMILES string of the molecule is Cc1ccc(OCCCC(=O)O)cc1[N+](=O)[O-]. The molecule has 0 aliphatic heterocycles. The molecule has 0 aromatic heterocycles. The number of benzene rings is 1. The van der Waals surface area contributed by atoms with Crippen molar-refractivity contribution in [3.8, 4) is 5.75 Å². The standard InChI is InChI=1S/C11H13NO5/c1-8-4-5-9(7-10(8)12(15)16)17-6-2-3-11(13)14/h4-5,7H,2-3,6H2,1H3,(H,13,14). The molecule has 0 heterocycles. The number of carboxylic acid groups (broad SMARTS) is 1. The maximum Gasteiger partial charge on any atom is 0.303 e. The van der Waals surface area contributed by atoms with Gasteiger partial charge in [0.2, 0.25) is 0 Å². The van der Waals surface area contributed by atoms with Gasteiger partial charge in [0.25, 0.3) is 5.69 Å². The third-order valence-corrected chi connectivity index (χ3v) is 2.18. The molecule has 0 unspecified atom stereocenters. The van der Waals surface area contributed by atoms with Crippen LogP contribution in [0.2, 0.25) is 0 Å². The Bertz CT molecular complexity index is 430. The number of carbonyl (C=O) groups is 1. The Morgan fingerprint density at radius 1 is 1.53 bits per heavy atom. The summed E-state index contributed by atoms with van der Waals surface area (Å²) in [5, 5.41) is 19.1. The third-order valence-electron chi connectivity index (χ3n) is 2.18. The Morgan fingerprint density at radius 2 is 2.24 bits per heavy atom. The molecule has 0 amide bonds. The first kappa shape index (κ1) is 13.0. The Hall–Kier alpha value is -2.11. The highest BCUT2D eigenvalue weighted by atomic mass is 16.6. The number of ether oxygens (including phenoxy) is 1. The van der Waals surface area contributed by atoms with Crippen LogP contribution in [-0.4, -0.2) is 22.6 Å². The van der Waals surface area contributed by atoms with Gasteiger partial charge in [-0.15, -0.1) is 0 Å². The molecule has 1 aromatic rings. The number of nitro benzene ring substituents is 1. The summed E-state index contributed by atoms with van der Waals surface area (Å²) in [6.07, 6.45) is 0.394. The van der Waals surface area contributed by atoms with Crippen LogP contribution in [0.5, 0.6) is 5.75 Å². The van der Waals surface area contributed by atoms with E-state index in [0.29, 0.717) is 17.7 Å². The highest BCUT2D eigenvalue weighted by molar-refractivity contribution is 5.66. The maximum atomic E-state index is 10.7. The van der Waals surface area contributed by atoms with E-state index in [2.05, 4.69) is 0 Å². The van der Waals surface area contributed by atoms with E-state index in [1.807, 2.05) is 0 Å². The van der Waals surface area contributed by atoms with Crippen LogP contribution in [0.25, 0.3) is 0 Å². The van der Waals surface area contributed by atoms with Crippen LogP contribution in [0.1, 0.15) is 18.4 Å². The second-order valence-corrected chi connectivity index (χ2v) is 3.55. The number of hydrogen-bond donors (Lipinski definition) is 1. The lowest BCUT2D eigenvalue weighted by molar-refractivity contribution is -0.385. The predicted molar refractivity (Wildman–Crippen MR) is 60.2 cm³/mol. The van der Waals surface area contributed by atoms with Crippen LogP contribution in [0.3, 0.4) is 0 Å². The summed E-state index contributed by atoms with van der Waals surface area (Å²) in [6, 6.07) is 4.57. The minimum Gasteiger partial charge on any atom is -0.493 e. The van der Waals surface area contributed by atoms with Crippen molar-refractivity contribution in [2.45, 2.75) is 19.8 Å². The average molecular weight is 239 g/mol. The van der Waals surface area contributed by atoms with Gasteiger partial charge in [0.1, 0.15) is 5.75 Å². The molecule has 0 aliphatic carbocycles. The fourth-order valence-corrected chi connectivity index (χ4v) is 1.29. The van der Waals surface area contributed by atoms with E-state index in [1.54, 1.807) is 19.1 Å². The van der Waals surface area contributed by atoms with Gasteiger partial charge in [-0.1, -0.05) is 0 Å². The molecular formula is C11H13NO5. The minimum atomic E-state index is -0.886. The van der Waals surface area contributed by atoms with E-state index in [4.69, 9.17) is 9.84 Å². The van der Waals surface area contributed by atoms with Gasteiger partial charge in [0, 0.05) is 12.0 Å². The summed E-state index contributed by atoms with van der Waals surface area (Å²) in [5.41, 5.74) is 0.564. The van der Waals surface area contributed by atoms with Crippen molar-refractivity contribution in [1.82, 2.24) is 0 Å². The summed E-state index contributed by atoms with van der Waals surface area (Å²) in [6.45, 7) is 1.87. The van der Waals surface area contributed by atoms with E-state index in [0.717, 1.165) is 0 Å². The topological polar surface area (TPSA) is 89.7 Å². The number of aryl methyl sites for hydroxylation is 1. The molecule has 0 spiro atoms. The van der Waals surface area contributed by atoms with Crippen LogP contribution in [-0.2, 0) is 4.79 Å². The molecule has 0 radical (unpaired) electrons. The van der Waals surface area contributed by atoms with Crippen LogP contribution in [0, 0.1) is 17.0 Å². The van der Waals surface area contributed by atoms with E-state index in [9.17, 15) is 14.9 Å². The van der Waals surface area contributed by atoms with Gasteiger partial charge in [-0.2, -0.15) is 0 Å². The number of nitro groups is 1. The van der Waals surface area contributed by atoms with Crippen LogP contribution >= 0.6 is 0 Å². The van der Waals surface area contributed by atoms with Crippen LogP contribution in [0.15, 0.2) is 18.2 Å². The van der Waals surface area contributed by atoms with Crippen molar-refractivity contribution in [1.29, 1.82) is 0 Å². The normalized spacial score (nSPS) is 9.94. The lowest BCUT2D eigenvalue weighted by atomic mass is 10.2. The molecule has 6 nitrogen and oxygen atoms in total. The van der Waals surface area contributed by atoms with Gasteiger partial charge >= 0.3 is 5.97 Å². The molecule has 0 saturated carbocycles. The zero-order valence-corrected chi connectivity index (χ0v) is 9.38. The Morgan fingerprint density at radius 3 is 2.82 bits per heavy atom. The molecule has 0 saturated heterocycles. The first-order chi connectivity index (χ1) is 8.00. The quantitative estimate of drug-likeness (QED) is 0.466. The molecule has 0 bridgehead atoms. The van der Waals surface area contributed by atoms with Crippen molar-refractivity contribution in [2.75, 3.05) is 6.61 Å². The summed E-state index contributed by atoms with van der Waals surface area (Å²) < 4.78 is 5.23. The summed E-state index contributed by atoms with van der Waals surface area (Å²) in [4.78, 5) is 20.4. The molecular weight excluding hydrogens is 226 g/mol. The Balaban J connectivity index is 2.57. The maximum absolute atomic E-state index is 10.7. The fraction of sp³-hybridized carbons (Fsp3) is 0.364. The van der Waals surface area contributed by atoms with Crippen molar-refractivity contribution < 1.29 is 19.6 Å². The van der Waals surface area contributed by atoms with Crippen molar-refractivity contribution in [3.05, 3.63) is 33.9 Å². The fourth-order valence-electron chi connectivity index (χ4n) is 1.29. The average Bonchev–Trinajstić information content (AvgIpc) is 2.25. The molecule has 0 fully saturated rings. The Labute approximate surface area is 98.0 Å². The van der Waals surface area contributed by atoms with E-state index in [-0.39, 0.29) is 18.7 Å². The number of nitrogens with zero attached hydrogens (tertiary/aromatic N) is 1. The van der Waals surface area contributed by atoms with Gasteiger partial charge in [-0.25, -0.2) is 0 Å². The second kappa shape index (κ2) is 5.83. The van der Waals surface area contributed by atoms with Gasteiger partial charge in [-0.05, 0) is 25.5 Å². The zero-order chi connectivity index (χ0) is 12.8. The first-order valence-corrected chi connectivity index (χ1v) is 5.10. The van der Waals surface area contributed by atoms with Crippen LogP contribution < -0.4 is 4.74 Å². The lowest BCUT2D eigenvalue weighted by Crippen LogP contribution is -2.02. The molecule has 0 aliphatic rings. The van der Waals surface area contributed by atoms with Crippen molar-refractivity contribution in [2.24, 2.45) is 0 Å².